The summed E-state index contributed by atoms with van der Waals surface area (Å²) in [6.45, 7) is 9.41. The molecular weight excluding hydrogens is 1170 g/mol. The van der Waals surface area contributed by atoms with E-state index in [1.807, 2.05) is 0 Å². The van der Waals surface area contributed by atoms with Crippen LogP contribution < -0.4 is 0 Å². The SMILES string of the molecule is CCCCCC/C=C\C=C/CCCCCCCC(=O)OC[C@H](COP(=O)(O)OC[C@@H](O)COP(=O)(O)OC[C@@H](COC(=O)CCCCCCCCC)OC(=O)CCCCCCCCCCC(C)C)OC(=O)CCCCCCCCCCCCCCCC(C)C. The summed E-state index contributed by atoms with van der Waals surface area (Å²) in [4.78, 5) is 72.4. The molecule has 0 aromatic rings. The van der Waals surface area contributed by atoms with Crippen molar-refractivity contribution in [1.29, 1.82) is 0 Å². The van der Waals surface area contributed by atoms with Crippen LogP contribution >= 0.6 is 15.6 Å². The molecule has 0 aliphatic carbocycles. The normalized spacial score (nSPS) is 14.3. The zero-order chi connectivity index (χ0) is 65.7. The second-order valence-electron chi connectivity index (χ2n) is 25.5. The van der Waals surface area contributed by atoms with Crippen LogP contribution in [0.4, 0.5) is 0 Å². The molecule has 0 aromatic carbocycles. The first-order chi connectivity index (χ1) is 42.9. The van der Waals surface area contributed by atoms with Crippen molar-refractivity contribution in [2.24, 2.45) is 11.8 Å². The highest BCUT2D eigenvalue weighted by Crippen LogP contribution is 2.45. The maximum absolute atomic E-state index is 13.0. The van der Waals surface area contributed by atoms with Crippen LogP contribution in [0.1, 0.15) is 330 Å². The highest BCUT2D eigenvalue weighted by atomic mass is 31.2. The molecule has 3 N–H and O–H groups in total. The molecule has 0 rings (SSSR count). The molecular formula is C70H132O17P2. The van der Waals surface area contributed by atoms with E-state index < -0.39 is 97.5 Å². The van der Waals surface area contributed by atoms with Gasteiger partial charge in [0, 0.05) is 25.7 Å². The largest absolute Gasteiger partial charge is 0.472 e. The molecule has 2 unspecified atom stereocenters. The van der Waals surface area contributed by atoms with Crippen LogP contribution in [0, 0.1) is 11.8 Å². The third kappa shape index (κ3) is 64.1. The molecule has 524 valence electrons. The number of aliphatic hydroxyl groups excluding tert-OH is 1. The lowest BCUT2D eigenvalue weighted by Gasteiger charge is -2.21. The zero-order valence-corrected chi connectivity index (χ0v) is 59.0. The molecule has 0 saturated heterocycles. The number of allylic oxidation sites excluding steroid dienone is 4. The van der Waals surface area contributed by atoms with Crippen molar-refractivity contribution < 1.29 is 80.2 Å². The number of ether oxygens (including phenoxy) is 4. The van der Waals surface area contributed by atoms with Crippen LogP contribution in [0.2, 0.25) is 0 Å². The topological polar surface area (TPSA) is 237 Å². The van der Waals surface area contributed by atoms with Crippen molar-refractivity contribution in [3.05, 3.63) is 24.3 Å². The first-order valence-electron chi connectivity index (χ1n) is 35.8. The van der Waals surface area contributed by atoms with Gasteiger partial charge in [-0.3, -0.25) is 37.3 Å². The minimum Gasteiger partial charge on any atom is -0.462 e. The van der Waals surface area contributed by atoms with Crippen molar-refractivity contribution in [2.45, 2.75) is 349 Å². The highest BCUT2D eigenvalue weighted by molar-refractivity contribution is 7.47. The Bertz CT molecular complexity index is 1830. The summed E-state index contributed by atoms with van der Waals surface area (Å²) in [5.41, 5.74) is 0. The Hall–Kier alpha value is -2.46. The minimum atomic E-state index is -4.96. The van der Waals surface area contributed by atoms with E-state index in [1.54, 1.807) is 0 Å². The molecule has 0 bridgehead atoms. The Morgan fingerprint density at radius 2 is 0.607 bits per heavy atom. The van der Waals surface area contributed by atoms with Gasteiger partial charge >= 0.3 is 39.5 Å². The number of carbonyl (C=O) groups is 4. The van der Waals surface area contributed by atoms with E-state index >= 15 is 0 Å². The first kappa shape index (κ1) is 86.5. The monoisotopic (exact) mass is 1310 g/mol. The summed E-state index contributed by atoms with van der Waals surface area (Å²) in [7, 11) is -9.91. The third-order valence-corrected chi connectivity index (χ3v) is 17.5. The predicted octanol–water partition coefficient (Wildman–Crippen LogP) is 19.5. The zero-order valence-electron chi connectivity index (χ0n) is 57.2. The maximum Gasteiger partial charge on any atom is 0.472 e. The van der Waals surface area contributed by atoms with Crippen molar-refractivity contribution in [2.75, 3.05) is 39.6 Å². The summed E-state index contributed by atoms with van der Waals surface area (Å²) in [5.74, 6) is -0.660. The summed E-state index contributed by atoms with van der Waals surface area (Å²) < 4.78 is 68.1. The minimum absolute atomic E-state index is 0.100. The fourth-order valence-corrected chi connectivity index (χ4v) is 11.6. The number of hydrogen-bond donors (Lipinski definition) is 3. The summed E-state index contributed by atoms with van der Waals surface area (Å²) in [6, 6.07) is 0. The number of esters is 4. The van der Waals surface area contributed by atoms with E-state index in [2.05, 4.69) is 65.8 Å². The van der Waals surface area contributed by atoms with Crippen LogP contribution in [-0.2, 0) is 65.4 Å². The van der Waals surface area contributed by atoms with Gasteiger partial charge in [-0.1, -0.05) is 278 Å². The molecule has 0 fully saturated rings. The van der Waals surface area contributed by atoms with Crippen molar-refractivity contribution in [3.8, 4) is 0 Å². The van der Waals surface area contributed by atoms with Gasteiger partial charge in [0.1, 0.15) is 19.3 Å². The molecule has 0 heterocycles. The summed E-state index contributed by atoms with van der Waals surface area (Å²) >= 11 is 0. The smallest absolute Gasteiger partial charge is 0.462 e. The molecule has 0 amide bonds. The fourth-order valence-electron chi connectivity index (χ4n) is 10.1. The van der Waals surface area contributed by atoms with E-state index in [9.17, 15) is 43.2 Å². The Kier molecular flexibility index (Phi) is 60.0. The number of hydrogen-bond acceptors (Lipinski definition) is 15. The van der Waals surface area contributed by atoms with Gasteiger partial charge in [0.2, 0.25) is 0 Å². The Labute approximate surface area is 542 Å². The van der Waals surface area contributed by atoms with Gasteiger partial charge in [-0.2, -0.15) is 0 Å². The fraction of sp³-hybridized carbons (Fsp3) is 0.886. The molecule has 17 nitrogen and oxygen atoms in total. The second-order valence-corrected chi connectivity index (χ2v) is 28.4. The average molecular weight is 1310 g/mol. The van der Waals surface area contributed by atoms with E-state index in [4.69, 9.17) is 37.0 Å². The number of aliphatic hydroxyl groups is 1. The van der Waals surface area contributed by atoms with E-state index in [1.165, 1.54) is 116 Å². The van der Waals surface area contributed by atoms with Crippen molar-refractivity contribution >= 4 is 39.5 Å². The lowest BCUT2D eigenvalue weighted by atomic mass is 10.0. The third-order valence-electron chi connectivity index (χ3n) is 15.6. The van der Waals surface area contributed by atoms with Crippen molar-refractivity contribution in [1.82, 2.24) is 0 Å². The molecule has 0 saturated carbocycles. The lowest BCUT2D eigenvalue weighted by molar-refractivity contribution is -0.161. The maximum atomic E-state index is 13.0. The molecule has 0 aliphatic heterocycles. The van der Waals surface area contributed by atoms with Gasteiger partial charge in [-0.05, 0) is 63.2 Å². The predicted molar refractivity (Wildman–Crippen MR) is 358 cm³/mol. The van der Waals surface area contributed by atoms with Gasteiger partial charge in [-0.15, -0.1) is 0 Å². The van der Waals surface area contributed by atoms with Gasteiger partial charge < -0.3 is 33.8 Å². The molecule has 0 spiro atoms. The average Bonchev–Trinajstić information content (AvgIpc) is 3.68. The van der Waals surface area contributed by atoms with Crippen LogP contribution in [0.15, 0.2) is 24.3 Å². The molecule has 0 aromatic heterocycles. The first-order valence-corrected chi connectivity index (χ1v) is 38.8. The standard InChI is InChI=1S/C70H132O17P2/c1-7-9-11-13-15-16-17-18-19-22-25-28-35-41-47-53-68(73)81-59-66(86-69(74)54-48-42-36-29-26-23-20-21-24-27-33-38-44-50-62(3)4)61-85-89(78,79)83-57-64(71)56-82-88(76,77)84-60-65(58-80-67(72)52-46-40-32-14-12-10-8-2)87-70(75)55-49-43-37-31-30-34-39-45-51-63(5)6/h16-19,62-66,71H,7-15,20-61H2,1-6H3,(H,76,77)(H,78,79)/b17-16-,19-18-/t64-,65+,66+/m0/s1. The number of carbonyl (C=O) groups excluding carboxylic acids is 4. The van der Waals surface area contributed by atoms with Gasteiger partial charge in [0.15, 0.2) is 12.2 Å². The van der Waals surface area contributed by atoms with E-state index in [0.29, 0.717) is 25.7 Å². The molecule has 19 heteroatoms. The second kappa shape index (κ2) is 61.7. The molecule has 5 atom stereocenters. The van der Waals surface area contributed by atoms with E-state index in [-0.39, 0.29) is 25.7 Å². The van der Waals surface area contributed by atoms with Gasteiger partial charge in [0.05, 0.1) is 26.4 Å². The Morgan fingerprint density at radius 1 is 0.348 bits per heavy atom. The summed E-state index contributed by atoms with van der Waals surface area (Å²) in [6.07, 6.45) is 49.6. The van der Waals surface area contributed by atoms with Crippen molar-refractivity contribution in [3.63, 3.8) is 0 Å². The number of phosphoric acid groups is 2. The van der Waals surface area contributed by atoms with Crippen LogP contribution in [0.3, 0.4) is 0 Å². The molecule has 89 heavy (non-hydrogen) atoms. The Balaban J connectivity index is 5.25. The lowest BCUT2D eigenvalue weighted by Crippen LogP contribution is -2.30. The van der Waals surface area contributed by atoms with Gasteiger partial charge in [0.25, 0.3) is 0 Å². The van der Waals surface area contributed by atoms with Gasteiger partial charge in [-0.25, -0.2) is 9.13 Å². The summed E-state index contributed by atoms with van der Waals surface area (Å²) in [5, 5.41) is 10.6. The van der Waals surface area contributed by atoms with Crippen LogP contribution in [0.5, 0.6) is 0 Å². The quantitative estimate of drug-likeness (QED) is 0.0169. The number of rotatable bonds is 67. The van der Waals surface area contributed by atoms with Crippen LogP contribution in [-0.4, -0.2) is 96.7 Å². The molecule has 0 aliphatic rings. The number of unbranched alkanes of at least 4 members (excludes halogenated alkanes) is 34. The number of phosphoric ester groups is 2. The van der Waals surface area contributed by atoms with Crippen LogP contribution in [0.25, 0.3) is 0 Å². The Morgan fingerprint density at radius 3 is 0.921 bits per heavy atom. The van der Waals surface area contributed by atoms with E-state index in [0.717, 1.165) is 134 Å². The molecule has 0 radical (unpaired) electrons. The highest BCUT2D eigenvalue weighted by Gasteiger charge is 2.30.